The summed E-state index contributed by atoms with van der Waals surface area (Å²) in [5.74, 6) is 0.737. The minimum absolute atomic E-state index is 0.0286. The minimum Gasteiger partial charge on any atom is -0.351 e. The molecule has 2 aliphatic rings. The lowest BCUT2D eigenvalue weighted by atomic mass is 9.86. The third-order valence-electron chi connectivity index (χ3n) is 5.32. The summed E-state index contributed by atoms with van der Waals surface area (Å²) in [4.78, 5) is 34.8. The van der Waals surface area contributed by atoms with Crippen LogP contribution in [0, 0.1) is 5.92 Å². The number of hydrogen-bond acceptors (Lipinski definition) is 4. The molecule has 1 saturated carbocycles. The standard InChI is InChI=1S/C19H28N4O2/c1-14(24)21-12-16-11-20-13-17(22-16)18-8-5-9-23(18)19(25)10-15-6-3-2-4-7-15/h11,13,15,18H,2-10,12H2,1H3,(H,21,24)/t18-/m1/s1. The molecule has 1 atom stereocenters. The molecule has 1 aliphatic carbocycles. The fraction of sp³-hybridized carbons (Fsp3) is 0.684. The molecule has 0 spiro atoms. The molecule has 6 heteroatoms. The summed E-state index contributed by atoms with van der Waals surface area (Å²) in [7, 11) is 0. The SMILES string of the molecule is CC(=O)NCc1cncc([C@H]2CCCN2C(=O)CC2CCCCC2)n1. The molecule has 0 radical (unpaired) electrons. The lowest BCUT2D eigenvalue weighted by molar-refractivity contribution is -0.133. The summed E-state index contributed by atoms with van der Waals surface area (Å²) in [6.07, 6.45) is 12.3. The maximum Gasteiger partial charge on any atom is 0.223 e. The Hall–Kier alpha value is -1.98. The van der Waals surface area contributed by atoms with Crippen molar-refractivity contribution in [1.29, 1.82) is 0 Å². The van der Waals surface area contributed by atoms with Crippen LogP contribution in [0.3, 0.4) is 0 Å². The summed E-state index contributed by atoms with van der Waals surface area (Å²) in [6, 6.07) is 0.0286. The third-order valence-corrected chi connectivity index (χ3v) is 5.32. The zero-order valence-corrected chi connectivity index (χ0v) is 15.0. The van der Waals surface area contributed by atoms with Crippen molar-refractivity contribution in [3.05, 3.63) is 23.8 Å². The van der Waals surface area contributed by atoms with E-state index in [-0.39, 0.29) is 17.9 Å². The highest BCUT2D eigenvalue weighted by Gasteiger charge is 2.32. The molecule has 1 aromatic heterocycles. The van der Waals surface area contributed by atoms with Crippen LogP contribution in [-0.4, -0.2) is 33.2 Å². The van der Waals surface area contributed by atoms with Crippen molar-refractivity contribution in [2.24, 2.45) is 5.92 Å². The van der Waals surface area contributed by atoms with E-state index in [1.807, 2.05) is 4.90 Å². The number of rotatable bonds is 5. The molecule has 2 amide bonds. The van der Waals surface area contributed by atoms with Gasteiger partial charge >= 0.3 is 0 Å². The molecule has 136 valence electrons. The summed E-state index contributed by atoms with van der Waals surface area (Å²) >= 11 is 0. The highest BCUT2D eigenvalue weighted by atomic mass is 16.2. The van der Waals surface area contributed by atoms with Gasteiger partial charge in [-0.15, -0.1) is 0 Å². The minimum atomic E-state index is -0.0858. The van der Waals surface area contributed by atoms with Crippen molar-refractivity contribution >= 4 is 11.8 Å². The number of carbonyl (C=O) groups is 2. The molecule has 1 saturated heterocycles. The second-order valence-electron chi connectivity index (χ2n) is 7.30. The molecule has 2 fully saturated rings. The summed E-state index contributed by atoms with van der Waals surface area (Å²) < 4.78 is 0. The molecule has 1 aliphatic heterocycles. The molecule has 6 nitrogen and oxygen atoms in total. The Morgan fingerprint density at radius 3 is 2.72 bits per heavy atom. The first-order valence-electron chi connectivity index (χ1n) is 9.48. The smallest absolute Gasteiger partial charge is 0.223 e. The average Bonchev–Trinajstić information content (AvgIpc) is 3.11. The molecule has 3 rings (SSSR count). The molecule has 2 heterocycles. The normalized spacial score (nSPS) is 21.3. The number of nitrogens with zero attached hydrogens (tertiary/aromatic N) is 3. The van der Waals surface area contributed by atoms with E-state index in [4.69, 9.17) is 0 Å². The number of amides is 2. The summed E-state index contributed by atoms with van der Waals surface area (Å²) in [5, 5.41) is 2.75. The Kier molecular flexibility index (Phi) is 6.00. The number of aromatic nitrogens is 2. The van der Waals surface area contributed by atoms with E-state index in [2.05, 4.69) is 15.3 Å². The van der Waals surface area contributed by atoms with Crippen LogP contribution in [0.5, 0.6) is 0 Å². The van der Waals surface area contributed by atoms with Crippen LogP contribution in [-0.2, 0) is 16.1 Å². The van der Waals surface area contributed by atoms with Gasteiger partial charge in [0.2, 0.25) is 11.8 Å². The highest BCUT2D eigenvalue weighted by Crippen LogP contribution is 2.33. The fourth-order valence-electron chi connectivity index (χ4n) is 4.01. The zero-order valence-electron chi connectivity index (χ0n) is 15.0. The molecule has 1 aromatic rings. The number of carbonyl (C=O) groups excluding carboxylic acids is 2. The second kappa shape index (κ2) is 8.41. The Morgan fingerprint density at radius 1 is 1.16 bits per heavy atom. The predicted octanol–water partition coefficient (Wildman–Crippen LogP) is 2.75. The van der Waals surface area contributed by atoms with Crippen molar-refractivity contribution < 1.29 is 9.59 Å². The van der Waals surface area contributed by atoms with E-state index in [1.165, 1.54) is 39.0 Å². The number of likely N-dealkylation sites (tertiary alicyclic amines) is 1. The van der Waals surface area contributed by atoms with Crippen molar-refractivity contribution in [2.75, 3.05) is 6.54 Å². The molecule has 0 bridgehead atoms. The Bertz CT molecular complexity index is 613. The van der Waals surface area contributed by atoms with Gasteiger partial charge in [0, 0.05) is 19.9 Å². The molecule has 0 unspecified atom stereocenters. The van der Waals surface area contributed by atoms with Gasteiger partial charge in [-0.25, -0.2) is 0 Å². The average molecular weight is 344 g/mol. The van der Waals surface area contributed by atoms with Crippen molar-refractivity contribution in [1.82, 2.24) is 20.2 Å². The van der Waals surface area contributed by atoms with E-state index in [0.717, 1.165) is 30.8 Å². The van der Waals surface area contributed by atoms with Gasteiger partial charge in [-0.1, -0.05) is 19.3 Å². The molecule has 0 aromatic carbocycles. The predicted molar refractivity (Wildman–Crippen MR) is 94.4 cm³/mol. The van der Waals surface area contributed by atoms with Gasteiger partial charge in [-0.05, 0) is 31.6 Å². The van der Waals surface area contributed by atoms with Crippen molar-refractivity contribution in [3.63, 3.8) is 0 Å². The van der Waals surface area contributed by atoms with Crippen LogP contribution >= 0.6 is 0 Å². The second-order valence-corrected chi connectivity index (χ2v) is 7.30. The Balaban J connectivity index is 1.65. The van der Waals surface area contributed by atoms with Crippen LogP contribution in [0.25, 0.3) is 0 Å². The number of nitrogens with one attached hydrogen (secondary N) is 1. The van der Waals surface area contributed by atoms with Gasteiger partial charge in [0.25, 0.3) is 0 Å². The largest absolute Gasteiger partial charge is 0.351 e. The first-order valence-corrected chi connectivity index (χ1v) is 9.48. The Labute approximate surface area is 149 Å². The van der Waals surface area contributed by atoms with Gasteiger partial charge in [0.05, 0.1) is 36.4 Å². The van der Waals surface area contributed by atoms with Crippen LogP contribution in [0.1, 0.15) is 75.7 Å². The fourth-order valence-corrected chi connectivity index (χ4v) is 4.01. The molecule has 25 heavy (non-hydrogen) atoms. The highest BCUT2D eigenvalue weighted by molar-refractivity contribution is 5.77. The van der Waals surface area contributed by atoms with E-state index < -0.39 is 0 Å². The summed E-state index contributed by atoms with van der Waals surface area (Å²) in [6.45, 7) is 2.67. The van der Waals surface area contributed by atoms with Crippen molar-refractivity contribution in [3.8, 4) is 0 Å². The van der Waals surface area contributed by atoms with Crippen LogP contribution in [0.2, 0.25) is 0 Å². The van der Waals surface area contributed by atoms with E-state index in [9.17, 15) is 9.59 Å². The van der Waals surface area contributed by atoms with Gasteiger partial charge in [0.1, 0.15) is 0 Å². The van der Waals surface area contributed by atoms with Gasteiger partial charge in [-0.2, -0.15) is 0 Å². The quantitative estimate of drug-likeness (QED) is 0.891. The molecule has 1 N–H and O–H groups in total. The van der Waals surface area contributed by atoms with Crippen LogP contribution in [0.4, 0.5) is 0 Å². The molecular weight excluding hydrogens is 316 g/mol. The number of hydrogen-bond donors (Lipinski definition) is 1. The van der Waals surface area contributed by atoms with E-state index >= 15 is 0 Å². The topological polar surface area (TPSA) is 75.2 Å². The molecular formula is C19H28N4O2. The first-order chi connectivity index (χ1) is 12.1. The van der Waals surface area contributed by atoms with Gasteiger partial charge in [0.15, 0.2) is 0 Å². The first kappa shape index (κ1) is 17.8. The van der Waals surface area contributed by atoms with E-state index in [0.29, 0.717) is 18.9 Å². The Morgan fingerprint density at radius 2 is 1.96 bits per heavy atom. The van der Waals surface area contributed by atoms with E-state index in [1.54, 1.807) is 12.4 Å². The maximum absolute atomic E-state index is 12.8. The van der Waals surface area contributed by atoms with Crippen LogP contribution < -0.4 is 5.32 Å². The van der Waals surface area contributed by atoms with Gasteiger partial charge in [-0.3, -0.25) is 19.6 Å². The van der Waals surface area contributed by atoms with Gasteiger partial charge < -0.3 is 10.2 Å². The van der Waals surface area contributed by atoms with Crippen molar-refractivity contribution in [2.45, 2.75) is 70.9 Å². The lowest BCUT2D eigenvalue weighted by Gasteiger charge is -2.28. The lowest BCUT2D eigenvalue weighted by Crippen LogP contribution is -2.33. The summed E-state index contributed by atoms with van der Waals surface area (Å²) in [5.41, 5.74) is 1.58. The zero-order chi connectivity index (χ0) is 17.6. The monoisotopic (exact) mass is 344 g/mol. The maximum atomic E-state index is 12.8. The third kappa shape index (κ3) is 4.77. The van der Waals surface area contributed by atoms with Crippen LogP contribution in [0.15, 0.2) is 12.4 Å².